The lowest BCUT2D eigenvalue weighted by atomic mass is 10.2. The standard InChI is InChI=1S/C20H17ClN4O3/c1-12-19-15(23-25(20(19)27)16-6-4-3-5-14(16)21)9-18(26)24(12)11-13-7-8-17(28-2)22-10-13/h3-10,23H,11H2,1-2H3. The number of hydrogen-bond acceptors (Lipinski definition) is 4. The van der Waals surface area contributed by atoms with E-state index in [1.54, 1.807) is 55.1 Å². The van der Waals surface area contributed by atoms with Crippen LogP contribution in [0.2, 0.25) is 5.02 Å². The summed E-state index contributed by atoms with van der Waals surface area (Å²) in [6.45, 7) is 2.06. The number of aromatic amines is 1. The summed E-state index contributed by atoms with van der Waals surface area (Å²) in [4.78, 5) is 29.9. The predicted molar refractivity (Wildman–Crippen MR) is 108 cm³/mol. The Morgan fingerprint density at radius 3 is 2.64 bits per heavy atom. The third-order valence-electron chi connectivity index (χ3n) is 4.66. The first-order valence-electron chi connectivity index (χ1n) is 8.58. The van der Waals surface area contributed by atoms with E-state index in [0.29, 0.717) is 39.7 Å². The zero-order valence-corrected chi connectivity index (χ0v) is 16.0. The maximum absolute atomic E-state index is 13.0. The second-order valence-corrected chi connectivity index (χ2v) is 6.76. The molecule has 28 heavy (non-hydrogen) atoms. The number of nitrogens with one attached hydrogen (secondary N) is 1. The van der Waals surface area contributed by atoms with E-state index in [1.165, 1.54) is 10.7 Å². The number of halogens is 1. The Morgan fingerprint density at radius 1 is 1.18 bits per heavy atom. The monoisotopic (exact) mass is 396 g/mol. The number of hydrogen-bond donors (Lipinski definition) is 1. The molecule has 1 N–H and O–H groups in total. The molecule has 142 valence electrons. The van der Waals surface area contributed by atoms with Crippen molar-refractivity contribution in [1.29, 1.82) is 0 Å². The van der Waals surface area contributed by atoms with Gasteiger partial charge in [0.15, 0.2) is 0 Å². The minimum absolute atomic E-state index is 0.214. The van der Waals surface area contributed by atoms with Gasteiger partial charge < -0.3 is 9.30 Å². The van der Waals surface area contributed by atoms with E-state index >= 15 is 0 Å². The number of H-pyrrole nitrogens is 1. The quantitative estimate of drug-likeness (QED) is 0.575. The van der Waals surface area contributed by atoms with Crippen molar-refractivity contribution in [2.24, 2.45) is 0 Å². The van der Waals surface area contributed by atoms with Gasteiger partial charge in [0, 0.05) is 24.0 Å². The van der Waals surface area contributed by atoms with Crippen LogP contribution in [-0.4, -0.2) is 26.4 Å². The number of pyridine rings is 2. The molecule has 3 heterocycles. The van der Waals surface area contributed by atoms with Gasteiger partial charge in [0.2, 0.25) is 5.88 Å². The van der Waals surface area contributed by atoms with Gasteiger partial charge in [-0.05, 0) is 24.6 Å². The topological polar surface area (TPSA) is 81.9 Å². The van der Waals surface area contributed by atoms with Crippen molar-refractivity contribution in [3.05, 3.63) is 85.6 Å². The first-order chi connectivity index (χ1) is 13.5. The molecule has 0 amide bonds. The van der Waals surface area contributed by atoms with E-state index in [9.17, 15) is 9.59 Å². The van der Waals surface area contributed by atoms with Gasteiger partial charge in [-0.25, -0.2) is 9.67 Å². The number of para-hydroxylation sites is 1. The van der Waals surface area contributed by atoms with Crippen molar-refractivity contribution < 1.29 is 4.74 Å². The number of fused-ring (bicyclic) bond motifs is 1. The molecule has 0 bridgehead atoms. The second kappa shape index (κ2) is 7.01. The van der Waals surface area contributed by atoms with Gasteiger partial charge in [-0.3, -0.25) is 14.7 Å². The van der Waals surface area contributed by atoms with Crippen LogP contribution in [0.25, 0.3) is 16.6 Å². The largest absolute Gasteiger partial charge is 0.481 e. The van der Waals surface area contributed by atoms with Crippen molar-refractivity contribution in [2.45, 2.75) is 13.5 Å². The van der Waals surface area contributed by atoms with Crippen LogP contribution in [0.5, 0.6) is 5.88 Å². The summed E-state index contributed by atoms with van der Waals surface area (Å²) in [7, 11) is 1.54. The summed E-state index contributed by atoms with van der Waals surface area (Å²) < 4.78 is 7.97. The number of methoxy groups -OCH3 is 1. The Morgan fingerprint density at radius 2 is 1.96 bits per heavy atom. The molecule has 0 unspecified atom stereocenters. The molecule has 0 atom stereocenters. The van der Waals surface area contributed by atoms with Gasteiger partial charge >= 0.3 is 0 Å². The summed E-state index contributed by atoms with van der Waals surface area (Å²) in [6.07, 6.45) is 1.65. The van der Waals surface area contributed by atoms with Gasteiger partial charge in [0.1, 0.15) is 0 Å². The molecule has 0 saturated carbocycles. The molecule has 0 saturated heterocycles. The lowest BCUT2D eigenvalue weighted by molar-refractivity contribution is 0.397. The van der Waals surface area contributed by atoms with Crippen LogP contribution in [0.1, 0.15) is 11.3 Å². The van der Waals surface area contributed by atoms with Crippen molar-refractivity contribution >= 4 is 22.5 Å². The van der Waals surface area contributed by atoms with Crippen LogP contribution in [-0.2, 0) is 6.54 Å². The smallest absolute Gasteiger partial charge is 0.280 e. The van der Waals surface area contributed by atoms with E-state index < -0.39 is 0 Å². The van der Waals surface area contributed by atoms with Crippen LogP contribution in [0.15, 0.2) is 58.3 Å². The van der Waals surface area contributed by atoms with Gasteiger partial charge in [-0.2, -0.15) is 0 Å². The highest BCUT2D eigenvalue weighted by atomic mass is 35.5. The van der Waals surface area contributed by atoms with Crippen LogP contribution >= 0.6 is 11.6 Å². The van der Waals surface area contributed by atoms with E-state index in [4.69, 9.17) is 16.3 Å². The highest BCUT2D eigenvalue weighted by molar-refractivity contribution is 6.32. The maximum Gasteiger partial charge on any atom is 0.280 e. The zero-order chi connectivity index (χ0) is 19.8. The Kier molecular flexibility index (Phi) is 4.52. The number of aromatic nitrogens is 4. The Bertz CT molecular complexity index is 1290. The van der Waals surface area contributed by atoms with Crippen molar-refractivity contribution in [3.63, 3.8) is 0 Å². The number of nitrogens with zero attached hydrogens (tertiary/aromatic N) is 3. The van der Waals surface area contributed by atoms with Crippen molar-refractivity contribution in [2.75, 3.05) is 7.11 Å². The van der Waals surface area contributed by atoms with Crippen LogP contribution < -0.4 is 15.9 Å². The normalized spacial score (nSPS) is 11.1. The summed E-state index contributed by atoms with van der Waals surface area (Å²) in [5.74, 6) is 0.497. The minimum atomic E-state index is -0.262. The highest BCUT2D eigenvalue weighted by Gasteiger charge is 2.16. The lowest BCUT2D eigenvalue weighted by Gasteiger charge is -2.10. The van der Waals surface area contributed by atoms with E-state index in [-0.39, 0.29) is 11.1 Å². The Labute approximate surface area is 164 Å². The molecular formula is C20H17ClN4O3. The molecule has 0 aliphatic carbocycles. The van der Waals surface area contributed by atoms with Crippen molar-refractivity contribution in [3.8, 4) is 11.6 Å². The molecule has 0 spiro atoms. The SMILES string of the molecule is COc1ccc(Cn2c(C)c3c(=O)n(-c4ccccc4Cl)[nH]c3cc2=O)cn1. The zero-order valence-electron chi connectivity index (χ0n) is 15.3. The van der Waals surface area contributed by atoms with Gasteiger partial charge in [0.25, 0.3) is 11.1 Å². The van der Waals surface area contributed by atoms with Crippen molar-refractivity contribution in [1.82, 2.24) is 19.3 Å². The predicted octanol–water partition coefficient (Wildman–Crippen LogP) is 2.89. The van der Waals surface area contributed by atoms with Crippen LogP contribution in [0, 0.1) is 6.92 Å². The number of aryl methyl sites for hydroxylation is 1. The summed E-state index contributed by atoms with van der Waals surface area (Å²) in [5.41, 5.74) is 1.92. The van der Waals surface area contributed by atoms with E-state index in [0.717, 1.165) is 5.56 Å². The fraction of sp³-hybridized carbons (Fsp3) is 0.150. The number of benzene rings is 1. The highest BCUT2D eigenvalue weighted by Crippen LogP contribution is 2.20. The summed E-state index contributed by atoms with van der Waals surface area (Å²) in [6, 6.07) is 12.0. The molecule has 0 radical (unpaired) electrons. The number of ether oxygens (including phenoxy) is 1. The molecule has 0 fully saturated rings. The summed E-state index contributed by atoms with van der Waals surface area (Å²) in [5, 5.41) is 3.87. The third kappa shape index (κ3) is 2.99. The average Bonchev–Trinajstić information content (AvgIpc) is 3.02. The Hall–Kier alpha value is -3.32. The van der Waals surface area contributed by atoms with E-state index in [1.807, 2.05) is 6.07 Å². The molecule has 3 aromatic heterocycles. The van der Waals surface area contributed by atoms with Gasteiger partial charge in [0.05, 0.1) is 35.3 Å². The van der Waals surface area contributed by atoms with Gasteiger partial charge in [-0.1, -0.05) is 29.8 Å². The first-order valence-corrected chi connectivity index (χ1v) is 8.96. The molecule has 0 aliphatic heterocycles. The lowest BCUT2D eigenvalue weighted by Crippen LogP contribution is -2.24. The second-order valence-electron chi connectivity index (χ2n) is 6.36. The Balaban J connectivity index is 1.85. The molecule has 8 heteroatoms. The molecule has 0 aliphatic rings. The fourth-order valence-corrected chi connectivity index (χ4v) is 3.44. The van der Waals surface area contributed by atoms with Crippen LogP contribution in [0.4, 0.5) is 0 Å². The average molecular weight is 397 g/mol. The minimum Gasteiger partial charge on any atom is -0.481 e. The van der Waals surface area contributed by atoms with E-state index in [2.05, 4.69) is 10.1 Å². The molecule has 1 aromatic carbocycles. The molecule has 4 rings (SSSR count). The van der Waals surface area contributed by atoms with Gasteiger partial charge in [-0.15, -0.1) is 0 Å². The molecule has 7 nitrogen and oxygen atoms in total. The molecule has 4 aromatic rings. The summed E-state index contributed by atoms with van der Waals surface area (Å²) >= 11 is 6.23. The first kappa shape index (κ1) is 18.1. The maximum atomic E-state index is 13.0. The fourth-order valence-electron chi connectivity index (χ4n) is 3.22. The third-order valence-corrected chi connectivity index (χ3v) is 4.98. The van der Waals surface area contributed by atoms with Crippen LogP contribution in [0.3, 0.4) is 0 Å². The molecular weight excluding hydrogens is 380 g/mol. The number of rotatable bonds is 4.